The van der Waals surface area contributed by atoms with Gasteiger partial charge in [-0.15, -0.1) is 0 Å². The van der Waals surface area contributed by atoms with E-state index in [2.05, 4.69) is 29.6 Å². The molecule has 1 heterocycles. The second-order valence-electron chi connectivity index (χ2n) is 5.59. The molecule has 21 heavy (non-hydrogen) atoms. The fraction of sp³-hybridized carbons (Fsp3) is 0.278. The van der Waals surface area contributed by atoms with Gasteiger partial charge in [0.15, 0.2) is 0 Å². The van der Waals surface area contributed by atoms with Gasteiger partial charge in [0.2, 0.25) is 0 Å². The standard InChI is InChI=1S/C18H19NO2/c20-18(21)16-11-15(12-19-16)17(13-7-3-1-4-8-13)14-9-5-2-6-10-14/h1-10,15-17,19H,11-12H2,(H,20,21)/t15?,16-/m0/s1. The molecule has 2 N–H and O–H groups in total. The van der Waals surface area contributed by atoms with Crippen molar-refractivity contribution >= 4 is 5.97 Å². The molecule has 3 nitrogen and oxygen atoms in total. The average Bonchev–Trinajstić information content (AvgIpc) is 3.00. The van der Waals surface area contributed by atoms with E-state index in [1.807, 2.05) is 36.4 Å². The summed E-state index contributed by atoms with van der Waals surface area (Å²) >= 11 is 0. The molecule has 1 fully saturated rings. The average molecular weight is 281 g/mol. The lowest BCUT2D eigenvalue weighted by molar-refractivity contribution is -0.139. The van der Waals surface area contributed by atoms with Gasteiger partial charge >= 0.3 is 5.97 Å². The largest absolute Gasteiger partial charge is 0.480 e. The van der Waals surface area contributed by atoms with Crippen molar-refractivity contribution in [3.8, 4) is 0 Å². The minimum atomic E-state index is -0.752. The zero-order valence-corrected chi connectivity index (χ0v) is 11.8. The van der Waals surface area contributed by atoms with E-state index in [1.54, 1.807) is 0 Å². The van der Waals surface area contributed by atoms with Crippen molar-refractivity contribution in [2.24, 2.45) is 5.92 Å². The van der Waals surface area contributed by atoms with Crippen LogP contribution in [0.4, 0.5) is 0 Å². The second-order valence-corrected chi connectivity index (χ2v) is 5.59. The van der Waals surface area contributed by atoms with E-state index in [9.17, 15) is 9.90 Å². The third-order valence-corrected chi connectivity index (χ3v) is 4.25. The molecule has 0 bridgehead atoms. The van der Waals surface area contributed by atoms with Gasteiger partial charge in [-0.1, -0.05) is 60.7 Å². The third kappa shape index (κ3) is 2.98. The first-order valence-electron chi connectivity index (χ1n) is 7.32. The molecule has 0 amide bonds. The Labute approximate surface area is 124 Å². The van der Waals surface area contributed by atoms with Gasteiger partial charge in [0.25, 0.3) is 0 Å². The predicted molar refractivity (Wildman–Crippen MR) is 82.3 cm³/mol. The zero-order chi connectivity index (χ0) is 14.7. The van der Waals surface area contributed by atoms with Gasteiger partial charge in [-0.05, 0) is 30.0 Å². The minimum Gasteiger partial charge on any atom is -0.480 e. The van der Waals surface area contributed by atoms with Crippen molar-refractivity contribution in [3.63, 3.8) is 0 Å². The fourth-order valence-electron chi connectivity index (χ4n) is 3.26. The highest BCUT2D eigenvalue weighted by atomic mass is 16.4. The van der Waals surface area contributed by atoms with E-state index in [-0.39, 0.29) is 5.92 Å². The SMILES string of the molecule is O=C(O)[C@@H]1CC(C(c2ccccc2)c2ccccc2)CN1. The van der Waals surface area contributed by atoms with Crippen molar-refractivity contribution < 1.29 is 9.90 Å². The number of benzene rings is 2. The number of carboxylic acid groups (broad SMARTS) is 1. The molecule has 2 atom stereocenters. The van der Waals surface area contributed by atoms with Crippen LogP contribution in [0.3, 0.4) is 0 Å². The smallest absolute Gasteiger partial charge is 0.320 e. The number of rotatable bonds is 4. The Hall–Kier alpha value is -2.13. The summed E-state index contributed by atoms with van der Waals surface area (Å²) in [7, 11) is 0. The molecule has 3 rings (SSSR count). The van der Waals surface area contributed by atoms with Gasteiger partial charge in [0.05, 0.1) is 0 Å². The molecule has 2 aromatic rings. The Morgan fingerprint density at radius 1 is 1.00 bits per heavy atom. The zero-order valence-electron chi connectivity index (χ0n) is 11.8. The van der Waals surface area contributed by atoms with Crippen LogP contribution < -0.4 is 5.32 Å². The van der Waals surface area contributed by atoms with Crippen LogP contribution in [0.2, 0.25) is 0 Å². The van der Waals surface area contributed by atoms with Crippen LogP contribution in [0, 0.1) is 5.92 Å². The first kappa shape index (κ1) is 13.8. The summed E-state index contributed by atoms with van der Waals surface area (Å²) < 4.78 is 0. The summed E-state index contributed by atoms with van der Waals surface area (Å²) in [4.78, 5) is 11.2. The first-order chi connectivity index (χ1) is 10.3. The Morgan fingerprint density at radius 3 is 1.95 bits per heavy atom. The molecule has 1 aliphatic heterocycles. The molecule has 1 unspecified atom stereocenters. The molecule has 0 spiro atoms. The lowest BCUT2D eigenvalue weighted by Crippen LogP contribution is -2.29. The summed E-state index contributed by atoms with van der Waals surface area (Å²) in [6.45, 7) is 0.741. The topological polar surface area (TPSA) is 49.3 Å². The molecular weight excluding hydrogens is 262 g/mol. The molecule has 0 saturated carbocycles. The van der Waals surface area contributed by atoms with Crippen LogP contribution in [0.15, 0.2) is 60.7 Å². The Balaban J connectivity index is 1.93. The van der Waals surface area contributed by atoms with Crippen molar-refractivity contribution in [2.45, 2.75) is 18.4 Å². The number of hydrogen-bond donors (Lipinski definition) is 2. The number of hydrogen-bond acceptors (Lipinski definition) is 2. The van der Waals surface area contributed by atoms with Gasteiger partial charge in [0.1, 0.15) is 6.04 Å². The second kappa shape index (κ2) is 6.10. The van der Waals surface area contributed by atoms with Crippen LogP contribution in [0.25, 0.3) is 0 Å². The summed E-state index contributed by atoms with van der Waals surface area (Å²) in [5.74, 6) is -0.211. The van der Waals surface area contributed by atoms with Crippen LogP contribution in [-0.4, -0.2) is 23.7 Å². The highest BCUT2D eigenvalue weighted by Gasteiger charge is 2.35. The van der Waals surface area contributed by atoms with E-state index >= 15 is 0 Å². The van der Waals surface area contributed by atoms with Gasteiger partial charge < -0.3 is 10.4 Å². The lowest BCUT2D eigenvalue weighted by Gasteiger charge is -2.24. The normalized spacial score (nSPS) is 21.6. The number of carbonyl (C=O) groups is 1. The van der Waals surface area contributed by atoms with Crippen molar-refractivity contribution in [2.75, 3.05) is 6.54 Å². The molecule has 0 aliphatic carbocycles. The maximum Gasteiger partial charge on any atom is 0.320 e. The molecule has 2 aromatic carbocycles. The minimum absolute atomic E-state index is 0.240. The van der Waals surface area contributed by atoms with Crippen molar-refractivity contribution in [3.05, 3.63) is 71.8 Å². The van der Waals surface area contributed by atoms with E-state index < -0.39 is 12.0 Å². The van der Waals surface area contributed by atoms with Crippen LogP contribution in [0.1, 0.15) is 23.5 Å². The number of carboxylic acids is 1. The molecule has 0 radical (unpaired) electrons. The summed E-state index contributed by atoms with van der Waals surface area (Å²) in [6, 6.07) is 20.3. The van der Waals surface area contributed by atoms with Crippen molar-refractivity contribution in [1.29, 1.82) is 0 Å². The fourth-order valence-corrected chi connectivity index (χ4v) is 3.26. The highest BCUT2D eigenvalue weighted by molar-refractivity contribution is 5.73. The highest BCUT2D eigenvalue weighted by Crippen LogP contribution is 2.36. The van der Waals surface area contributed by atoms with E-state index in [0.29, 0.717) is 12.3 Å². The summed E-state index contributed by atoms with van der Waals surface area (Å²) in [6.07, 6.45) is 0.670. The maximum atomic E-state index is 11.2. The molecule has 1 saturated heterocycles. The first-order valence-corrected chi connectivity index (χ1v) is 7.32. The van der Waals surface area contributed by atoms with Crippen LogP contribution >= 0.6 is 0 Å². The van der Waals surface area contributed by atoms with E-state index in [4.69, 9.17) is 0 Å². The molecular formula is C18H19NO2. The molecule has 3 heteroatoms. The number of aliphatic carboxylic acids is 1. The maximum absolute atomic E-state index is 11.2. The summed E-state index contributed by atoms with van der Waals surface area (Å²) in [5.41, 5.74) is 2.50. The van der Waals surface area contributed by atoms with Gasteiger partial charge in [-0.3, -0.25) is 4.79 Å². The molecule has 108 valence electrons. The summed E-state index contributed by atoms with van der Waals surface area (Å²) in [5, 5.41) is 12.3. The van der Waals surface area contributed by atoms with Crippen LogP contribution in [0.5, 0.6) is 0 Å². The predicted octanol–water partition coefficient (Wildman–Crippen LogP) is 2.88. The van der Waals surface area contributed by atoms with Crippen LogP contribution in [-0.2, 0) is 4.79 Å². The molecule has 1 aliphatic rings. The Morgan fingerprint density at radius 2 is 1.52 bits per heavy atom. The van der Waals surface area contributed by atoms with E-state index in [1.165, 1.54) is 11.1 Å². The van der Waals surface area contributed by atoms with Gasteiger partial charge in [-0.2, -0.15) is 0 Å². The van der Waals surface area contributed by atoms with E-state index in [0.717, 1.165) is 6.54 Å². The third-order valence-electron chi connectivity index (χ3n) is 4.25. The quantitative estimate of drug-likeness (QED) is 0.906. The Kier molecular flexibility index (Phi) is 4.02. The van der Waals surface area contributed by atoms with Gasteiger partial charge in [-0.25, -0.2) is 0 Å². The lowest BCUT2D eigenvalue weighted by atomic mass is 9.79. The van der Waals surface area contributed by atoms with Crippen molar-refractivity contribution in [1.82, 2.24) is 5.32 Å². The Bertz CT molecular complexity index is 558. The monoisotopic (exact) mass is 281 g/mol. The number of nitrogens with one attached hydrogen (secondary N) is 1. The molecule has 0 aromatic heterocycles. The van der Waals surface area contributed by atoms with Gasteiger partial charge in [0, 0.05) is 5.92 Å².